The van der Waals surface area contributed by atoms with Crippen LogP contribution in [0.2, 0.25) is 0 Å². The van der Waals surface area contributed by atoms with Crippen molar-refractivity contribution in [1.82, 2.24) is 4.72 Å². The molecule has 0 aliphatic carbocycles. The quantitative estimate of drug-likeness (QED) is 0.870. The maximum absolute atomic E-state index is 11.7. The summed E-state index contributed by atoms with van der Waals surface area (Å²) in [5.74, 6) is 0. The second-order valence-electron chi connectivity index (χ2n) is 3.42. The van der Waals surface area contributed by atoms with E-state index in [1.807, 2.05) is 0 Å². The van der Waals surface area contributed by atoms with Crippen molar-refractivity contribution in [2.24, 2.45) is 0 Å². The minimum Gasteiger partial charge on any atom is -0.377 e. The first kappa shape index (κ1) is 11.1. The third-order valence-corrected chi connectivity index (χ3v) is 5.11. The van der Waals surface area contributed by atoms with Crippen molar-refractivity contribution in [2.45, 2.75) is 23.2 Å². The molecule has 0 aromatic carbocycles. The van der Waals surface area contributed by atoms with Gasteiger partial charge in [0, 0.05) is 13.2 Å². The van der Waals surface area contributed by atoms with Crippen LogP contribution in [0.4, 0.5) is 0 Å². The lowest BCUT2D eigenvalue weighted by Gasteiger charge is -2.09. The van der Waals surface area contributed by atoms with E-state index in [0.717, 1.165) is 19.4 Å². The fourth-order valence-corrected chi connectivity index (χ4v) is 3.60. The summed E-state index contributed by atoms with van der Waals surface area (Å²) in [6.07, 6.45) is 2.00. The van der Waals surface area contributed by atoms with Gasteiger partial charge in [-0.15, -0.1) is 11.3 Å². The van der Waals surface area contributed by atoms with Crippen LogP contribution in [0.5, 0.6) is 0 Å². The van der Waals surface area contributed by atoms with Crippen LogP contribution in [0, 0.1) is 0 Å². The summed E-state index contributed by atoms with van der Waals surface area (Å²) in [6, 6.07) is 3.33. The zero-order valence-electron chi connectivity index (χ0n) is 8.18. The summed E-state index contributed by atoms with van der Waals surface area (Å²) in [7, 11) is -3.32. The fourth-order valence-electron chi connectivity index (χ4n) is 1.50. The molecule has 1 aliphatic heterocycles. The number of thiophene rings is 1. The molecule has 1 aromatic rings. The number of hydrogen-bond acceptors (Lipinski definition) is 4. The van der Waals surface area contributed by atoms with Gasteiger partial charge in [-0.3, -0.25) is 0 Å². The Hall–Kier alpha value is -0.430. The van der Waals surface area contributed by atoms with Crippen molar-refractivity contribution in [1.29, 1.82) is 0 Å². The SMILES string of the molecule is O=S(=O)(NC[C@H]1CCCO1)c1cccs1. The molecule has 6 heteroatoms. The predicted octanol–water partition coefficient (Wildman–Crippen LogP) is 1.21. The van der Waals surface area contributed by atoms with Gasteiger partial charge in [0.25, 0.3) is 0 Å². The third kappa shape index (κ3) is 2.78. The van der Waals surface area contributed by atoms with Crippen LogP contribution < -0.4 is 4.72 Å². The van der Waals surface area contributed by atoms with Gasteiger partial charge in [-0.05, 0) is 24.3 Å². The lowest BCUT2D eigenvalue weighted by Crippen LogP contribution is -2.31. The number of rotatable bonds is 4. The smallest absolute Gasteiger partial charge is 0.250 e. The van der Waals surface area contributed by atoms with Gasteiger partial charge in [-0.25, -0.2) is 13.1 Å². The van der Waals surface area contributed by atoms with Crippen LogP contribution in [-0.4, -0.2) is 27.7 Å². The number of sulfonamides is 1. The lowest BCUT2D eigenvalue weighted by atomic mass is 10.2. The highest BCUT2D eigenvalue weighted by atomic mass is 32.2. The Kier molecular flexibility index (Phi) is 3.40. The molecule has 0 radical (unpaired) electrons. The van der Waals surface area contributed by atoms with Gasteiger partial charge in [0.1, 0.15) is 4.21 Å². The van der Waals surface area contributed by atoms with E-state index >= 15 is 0 Å². The Morgan fingerprint density at radius 2 is 2.47 bits per heavy atom. The number of hydrogen-bond donors (Lipinski definition) is 1. The average molecular weight is 247 g/mol. The summed E-state index contributed by atoms with van der Waals surface area (Å²) in [5, 5.41) is 1.75. The van der Waals surface area contributed by atoms with Crippen LogP contribution in [0.1, 0.15) is 12.8 Å². The Morgan fingerprint density at radius 3 is 3.07 bits per heavy atom. The molecule has 2 heterocycles. The summed E-state index contributed by atoms with van der Waals surface area (Å²) in [5.41, 5.74) is 0. The van der Waals surface area contributed by atoms with Gasteiger partial charge in [0.2, 0.25) is 10.0 Å². The molecule has 0 unspecified atom stereocenters. The zero-order valence-corrected chi connectivity index (χ0v) is 9.81. The standard InChI is InChI=1S/C9H13NO3S2/c11-15(12,9-4-2-6-14-9)10-7-8-3-1-5-13-8/h2,4,6,8,10H,1,3,5,7H2/t8-/m1/s1. The van der Waals surface area contributed by atoms with Crippen molar-refractivity contribution in [2.75, 3.05) is 13.2 Å². The van der Waals surface area contributed by atoms with Crippen LogP contribution in [0.3, 0.4) is 0 Å². The molecule has 2 rings (SSSR count). The molecule has 0 spiro atoms. The van der Waals surface area contributed by atoms with E-state index in [1.54, 1.807) is 17.5 Å². The first-order valence-corrected chi connectivity index (χ1v) is 7.19. The molecule has 1 aromatic heterocycles. The van der Waals surface area contributed by atoms with Gasteiger partial charge >= 0.3 is 0 Å². The Morgan fingerprint density at radius 1 is 1.60 bits per heavy atom. The van der Waals surface area contributed by atoms with E-state index in [9.17, 15) is 8.42 Å². The van der Waals surface area contributed by atoms with Crippen molar-refractivity contribution in [3.05, 3.63) is 17.5 Å². The van der Waals surface area contributed by atoms with Crippen molar-refractivity contribution in [3.63, 3.8) is 0 Å². The van der Waals surface area contributed by atoms with Crippen molar-refractivity contribution >= 4 is 21.4 Å². The monoisotopic (exact) mass is 247 g/mol. The zero-order chi connectivity index (χ0) is 10.7. The first-order chi connectivity index (χ1) is 7.18. The first-order valence-electron chi connectivity index (χ1n) is 4.83. The maximum atomic E-state index is 11.7. The molecule has 84 valence electrons. The van der Waals surface area contributed by atoms with E-state index in [-0.39, 0.29) is 6.10 Å². The Balaban J connectivity index is 1.93. The van der Waals surface area contributed by atoms with Gasteiger partial charge < -0.3 is 4.74 Å². The van der Waals surface area contributed by atoms with Crippen LogP contribution >= 0.6 is 11.3 Å². The van der Waals surface area contributed by atoms with Crippen molar-refractivity contribution < 1.29 is 13.2 Å². The van der Waals surface area contributed by atoms with Gasteiger partial charge in [-0.1, -0.05) is 6.07 Å². The molecule has 1 aliphatic rings. The molecule has 1 fully saturated rings. The second kappa shape index (κ2) is 4.61. The molecular weight excluding hydrogens is 234 g/mol. The molecule has 4 nitrogen and oxygen atoms in total. The summed E-state index contributed by atoms with van der Waals surface area (Å²) in [4.78, 5) is 0. The van der Waals surface area contributed by atoms with E-state index in [1.165, 1.54) is 11.3 Å². The van der Waals surface area contributed by atoms with Crippen LogP contribution in [0.15, 0.2) is 21.7 Å². The molecule has 0 amide bonds. The van der Waals surface area contributed by atoms with E-state index in [4.69, 9.17) is 4.74 Å². The highest BCUT2D eigenvalue weighted by Gasteiger charge is 2.20. The second-order valence-corrected chi connectivity index (χ2v) is 6.36. The Labute approximate surface area is 93.3 Å². The number of ether oxygens (including phenoxy) is 1. The third-order valence-electron chi connectivity index (χ3n) is 2.28. The molecule has 0 bridgehead atoms. The minimum absolute atomic E-state index is 0.0414. The van der Waals surface area contributed by atoms with E-state index in [2.05, 4.69) is 4.72 Å². The highest BCUT2D eigenvalue weighted by molar-refractivity contribution is 7.91. The highest BCUT2D eigenvalue weighted by Crippen LogP contribution is 2.16. The summed E-state index contributed by atoms with van der Waals surface area (Å²) in [6.45, 7) is 1.12. The average Bonchev–Trinajstić information content (AvgIpc) is 2.88. The molecule has 1 saturated heterocycles. The van der Waals surface area contributed by atoms with Gasteiger partial charge in [0.05, 0.1) is 6.10 Å². The lowest BCUT2D eigenvalue weighted by molar-refractivity contribution is 0.114. The van der Waals surface area contributed by atoms with Crippen LogP contribution in [-0.2, 0) is 14.8 Å². The number of nitrogens with one attached hydrogen (secondary N) is 1. The fraction of sp³-hybridized carbons (Fsp3) is 0.556. The van der Waals surface area contributed by atoms with E-state index < -0.39 is 10.0 Å². The maximum Gasteiger partial charge on any atom is 0.250 e. The molecular formula is C9H13NO3S2. The molecule has 1 atom stereocenters. The largest absolute Gasteiger partial charge is 0.377 e. The Bertz CT molecular complexity index is 393. The van der Waals surface area contributed by atoms with Crippen LogP contribution in [0.25, 0.3) is 0 Å². The minimum atomic E-state index is -3.32. The summed E-state index contributed by atoms with van der Waals surface area (Å²) < 4.78 is 31.7. The molecule has 0 saturated carbocycles. The molecule has 15 heavy (non-hydrogen) atoms. The van der Waals surface area contributed by atoms with Crippen molar-refractivity contribution in [3.8, 4) is 0 Å². The topological polar surface area (TPSA) is 55.4 Å². The van der Waals surface area contributed by atoms with E-state index in [0.29, 0.717) is 10.8 Å². The predicted molar refractivity (Wildman–Crippen MR) is 58.5 cm³/mol. The normalized spacial score (nSPS) is 22.0. The van der Waals surface area contributed by atoms with Gasteiger partial charge in [0.15, 0.2) is 0 Å². The summed E-state index contributed by atoms with van der Waals surface area (Å²) >= 11 is 1.22. The molecule has 1 N–H and O–H groups in total. The van der Waals surface area contributed by atoms with Gasteiger partial charge in [-0.2, -0.15) is 0 Å².